The summed E-state index contributed by atoms with van der Waals surface area (Å²) in [5, 5.41) is 2.88. The Morgan fingerprint density at radius 2 is 1.61 bits per heavy atom. The fourth-order valence-electron chi connectivity index (χ4n) is 5.24. The summed E-state index contributed by atoms with van der Waals surface area (Å²) in [5.41, 5.74) is 6.27. The van der Waals surface area contributed by atoms with Gasteiger partial charge in [0.25, 0.3) is 0 Å². The van der Waals surface area contributed by atoms with Crippen LogP contribution in [0.1, 0.15) is 37.3 Å². The van der Waals surface area contributed by atoms with Gasteiger partial charge in [0.1, 0.15) is 11.8 Å². The van der Waals surface area contributed by atoms with E-state index in [2.05, 4.69) is 10.2 Å². The quantitative estimate of drug-likeness (QED) is 0.555. The van der Waals surface area contributed by atoms with Crippen LogP contribution in [0.4, 0.5) is 0 Å². The highest BCUT2D eigenvalue weighted by Gasteiger charge is 2.39. The minimum absolute atomic E-state index is 0.00566. The number of hydrogen-bond donors (Lipinski definition) is 2. The molecular formula is C26H34N4O5S. The van der Waals surface area contributed by atoms with Crippen LogP contribution in [0.3, 0.4) is 0 Å². The van der Waals surface area contributed by atoms with E-state index in [-0.39, 0.29) is 22.8 Å². The zero-order chi connectivity index (χ0) is 25.7. The topological polar surface area (TPSA) is 122 Å². The second-order valence-corrected chi connectivity index (χ2v) is 11.3. The molecule has 2 amide bonds. The van der Waals surface area contributed by atoms with Gasteiger partial charge >= 0.3 is 0 Å². The van der Waals surface area contributed by atoms with Gasteiger partial charge in [0.05, 0.1) is 17.9 Å². The standard InChI is InChI=1S/C26H34N4O5S/c1-35-20-11-13-21(14-12-20)36(33,34)30-17-15-29(16-18-30)23-10-6-5-9-22(23)26(32)28-24(25(27)31)19-7-3-2-4-8-19/h2-4,7-8,11-14,22-24H,5-6,9-10,15-18H2,1H3,(H2,27,31)(H,28,32)/t22-,23-,24+/m1/s1. The van der Waals surface area contributed by atoms with Crippen LogP contribution in [0.2, 0.25) is 0 Å². The lowest BCUT2D eigenvalue weighted by Gasteiger charge is -2.43. The lowest BCUT2D eigenvalue weighted by Crippen LogP contribution is -2.56. The summed E-state index contributed by atoms with van der Waals surface area (Å²) in [6, 6.07) is 14.5. The molecule has 0 unspecified atom stereocenters. The minimum Gasteiger partial charge on any atom is -0.497 e. The summed E-state index contributed by atoms with van der Waals surface area (Å²) in [6.07, 6.45) is 3.53. The minimum atomic E-state index is -3.61. The molecule has 3 atom stereocenters. The zero-order valence-electron chi connectivity index (χ0n) is 20.5. The van der Waals surface area contributed by atoms with E-state index in [4.69, 9.17) is 10.5 Å². The van der Waals surface area contributed by atoms with Gasteiger partial charge in [-0.15, -0.1) is 0 Å². The van der Waals surface area contributed by atoms with E-state index in [1.54, 1.807) is 48.5 Å². The molecule has 3 N–H and O–H groups in total. The number of rotatable bonds is 8. The van der Waals surface area contributed by atoms with E-state index in [0.717, 1.165) is 25.7 Å². The molecule has 9 nitrogen and oxygen atoms in total. The number of sulfonamides is 1. The predicted octanol–water partition coefficient (Wildman–Crippen LogP) is 1.90. The van der Waals surface area contributed by atoms with Crippen LogP contribution in [0.5, 0.6) is 5.75 Å². The predicted molar refractivity (Wildman–Crippen MR) is 136 cm³/mol. The molecule has 2 aromatic carbocycles. The molecule has 1 saturated heterocycles. The van der Waals surface area contributed by atoms with Gasteiger partial charge < -0.3 is 15.8 Å². The third-order valence-electron chi connectivity index (χ3n) is 7.21. The van der Waals surface area contributed by atoms with Crippen LogP contribution in [0.25, 0.3) is 0 Å². The SMILES string of the molecule is COc1ccc(S(=O)(=O)N2CCN([C@@H]3CCCC[C@H]3C(=O)N[C@H](C(N)=O)c3ccccc3)CC2)cc1. The molecule has 0 spiro atoms. The number of methoxy groups -OCH3 is 1. The lowest BCUT2D eigenvalue weighted by atomic mass is 9.82. The molecule has 2 fully saturated rings. The van der Waals surface area contributed by atoms with E-state index in [0.29, 0.717) is 37.5 Å². The maximum atomic E-state index is 13.3. The van der Waals surface area contributed by atoms with E-state index in [9.17, 15) is 18.0 Å². The third kappa shape index (κ3) is 5.71. The normalized spacial score (nSPS) is 22.5. The van der Waals surface area contributed by atoms with Crippen molar-refractivity contribution in [1.29, 1.82) is 0 Å². The number of hydrogen-bond acceptors (Lipinski definition) is 6. The van der Waals surface area contributed by atoms with Crippen LogP contribution < -0.4 is 15.8 Å². The molecule has 1 heterocycles. The van der Waals surface area contributed by atoms with Crippen molar-refractivity contribution in [2.45, 2.75) is 42.7 Å². The number of nitrogens with two attached hydrogens (primary N) is 1. The summed E-state index contributed by atoms with van der Waals surface area (Å²) in [4.78, 5) is 27.9. The molecular weight excluding hydrogens is 480 g/mol. The number of nitrogens with one attached hydrogen (secondary N) is 1. The number of nitrogens with zero attached hydrogens (tertiary/aromatic N) is 2. The molecule has 0 radical (unpaired) electrons. The molecule has 1 aliphatic carbocycles. The van der Waals surface area contributed by atoms with Crippen LogP contribution in [0, 0.1) is 5.92 Å². The maximum Gasteiger partial charge on any atom is 0.244 e. The number of carbonyl (C=O) groups excluding carboxylic acids is 2. The van der Waals surface area contributed by atoms with Gasteiger partial charge in [-0.2, -0.15) is 4.31 Å². The number of benzene rings is 2. The third-order valence-corrected chi connectivity index (χ3v) is 9.12. The first-order chi connectivity index (χ1) is 17.3. The number of amides is 2. The average molecular weight is 515 g/mol. The highest BCUT2D eigenvalue weighted by Crippen LogP contribution is 2.31. The molecule has 2 aromatic rings. The Kier molecular flexibility index (Phi) is 8.28. The van der Waals surface area contributed by atoms with E-state index in [1.807, 2.05) is 6.07 Å². The summed E-state index contributed by atoms with van der Waals surface area (Å²) >= 11 is 0. The molecule has 4 rings (SSSR count). The Morgan fingerprint density at radius 3 is 2.22 bits per heavy atom. The maximum absolute atomic E-state index is 13.3. The Balaban J connectivity index is 1.41. The van der Waals surface area contributed by atoms with E-state index >= 15 is 0 Å². The zero-order valence-corrected chi connectivity index (χ0v) is 21.3. The summed E-state index contributed by atoms with van der Waals surface area (Å²) in [5.74, 6) is -0.458. The van der Waals surface area contributed by atoms with Crippen molar-refractivity contribution in [2.75, 3.05) is 33.3 Å². The highest BCUT2D eigenvalue weighted by atomic mass is 32.2. The van der Waals surface area contributed by atoms with Crippen LogP contribution in [-0.4, -0.2) is 68.8 Å². The largest absolute Gasteiger partial charge is 0.497 e. The van der Waals surface area contributed by atoms with Crippen LogP contribution >= 0.6 is 0 Å². The summed E-state index contributed by atoms with van der Waals surface area (Å²) < 4.78 is 32.9. The second-order valence-electron chi connectivity index (χ2n) is 9.33. The van der Waals surface area contributed by atoms with Gasteiger partial charge in [-0.05, 0) is 42.7 Å². The van der Waals surface area contributed by atoms with Gasteiger partial charge in [0, 0.05) is 32.2 Å². The number of ether oxygens (including phenoxy) is 1. The van der Waals surface area contributed by atoms with Gasteiger partial charge in [0.2, 0.25) is 21.8 Å². The Labute approximate surface area is 212 Å². The first kappa shape index (κ1) is 26.1. The van der Waals surface area contributed by atoms with E-state index in [1.165, 1.54) is 11.4 Å². The smallest absolute Gasteiger partial charge is 0.244 e. The number of piperazine rings is 1. The summed E-state index contributed by atoms with van der Waals surface area (Å²) in [7, 11) is -2.07. The van der Waals surface area contributed by atoms with Crippen molar-refractivity contribution in [3.63, 3.8) is 0 Å². The molecule has 194 valence electrons. The molecule has 36 heavy (non-hydrogen) atoms. The molecule has 1 saturated carbocycles. The molecule has 2 aliphatic rings. The monoisotopic (exact) mass is 514 g/mol. The summed E-state index contributed by atoms with van der Waals surface area (Å²) in [6.45, 7) is 1.80. The van der Waals surface area contributed by atoms with Crippen LogP contribution in [-0.2, 0) is 19.6 Å². The molecule has 0 bridgehead atoms. The fourth-order valence-corrected chi connectivity index (χ4v) is 6.66. The highest BCUT2D eigenvalue weighted by molar-refractivity contribution is 7.89. The van der Waals surface area contributed by atoms with Crippen LogP contribution in [0.15, 0.2) is 59.5 Å². The van der Waals surface area contributed by atoms with Gasteiger partial charge in [0.15, 0.2) is 0 Å². The van der Waals surface area contributed by atoms with Gasteiger partial charge in [-0.1, -0.05) is 43.2 Å². The molecule has 0 aromatic heterocycles. The van der Waals surface area contributed by atoms with Crippen molar-refractivity contribution < 1.29 is 22.7 Å². The van der Waals surface area contributed by atoms with Crippen molar-refractivity contribution >= 4 is 21.8 Å². The first-order valence-electron chi connectivity index (χ1n) is 12.3. The Morgan fingerprint density at radius 1 is 0.972 bits per heavy atom. The lowest BCUT2D eigenvalue weighted by molar-refractivity contribution is -0.133. The van der Waals surface area contributed by atoms with Crippen molar-refractivity contribution in [1.82, 2.24) is 14.5 Å². The van der Waals surface area contributed by atoms with E-state index < -0.39 is 22.0 Å². The Hall–Kier alpha value is -2.95. The molecule has 1 aliphatic heterocycles. The number of primary amides is 1. The molecule has 10 heteroatoms. The van der Waals surface area contributed by atoms with Gasteiger partial charge in [-0.25, -0.2) is 8.42 Å². The fraction of sp³-hybridized carbons (Fsp3) is 0.462. The first-order valence-corrected chi connectivity index (χ1v) is 13.8. The number of carbonyl (C=O) groups is 2. The van der Waals surface area contributed by atoms with Gasteiger partial charge in [-0.3, -0.25) is 14.5 Å². The van der Waals surface area contributed by atoms with Crippen molar-refractivity contribution in [3.8, 4) is 5.75 Å². The Bertz CT molecular complexity index is 1150. The van der Waals surface area contributed by atoms with Crippen molar-refractivity contribution in [2.24, 2.45) is 11.7 Å². The average Bonchev–Trinajstić information content (AvgIpc) is 2.92. The van der Waals surface area contributed by atoms with Crippen molar-refractivity contribution in [3.05, 3.63) is 60.2 Å². The second kappa shape index (κ2) is 11.4.